The lowest BCUT2D eigenvalue weighted by molar-refractivity contribution is -0.0784. The summed E-state index contributed by atoms with van der Waals surface area (Å²) in [4.78, 5) is 19.0. The molecule has 4 rings (SSSR count). The standard InChI is InChI=1S/C15H21N3O2/c19-15(11-7-16-8-17-11)18-13-10-5-6-20-14(10)12(13)9-3-1-2-4-9/h7-10,12-14H,1-6H2,(H,16,17)(H,18,19)/t10-,12+,13+,14-/m1/s1. The van der Waals surface area contributed by atoms with Crippen molar-refractivity contribution in [1.82, 2.24) is 15.3 Å². The van der Waals surface area contributed by atoms with Gasteiger partial charge in [-0.25, -0.2) is 4.98 Å². The fourth-order valence-electron chi connectivity index (χ4n) is 4.47. The monoisotopic (exact) mass is 275 g/mol. The fourth-order valence-corrected chi connectivity index (χ4v) is 4.47. The summed E-state index contributed by atoms with van der Waals surface area (Å²) >= 11 is 0. The highest BCUT2D eigenvalue weighted by molar-refractivity contribution is 5.92. The van der Waals surface area contributed by atoms with E-state index in [2.05, 4.69) is 15.3 Å². The molecule has 1 aromatic heterocycles. The Morgan fingerprint density at radius 1 is 1.35 bits per heavy atom. The lowest BCUT2D eigenvalue weighted by Crippen LogP contribution is -2.63. The molecule has 4 atom stereocenters. The van der Waals surface area contributed by atoms with E-state index in [1.165, 1.54) is 25.7 Å². The van der Waals surface area contributed by atoms with Crippen LogP contribution in [0.3, 0.4) is 0 Å². The summed E-state index contributed by atoms with van der Waals surface area (Å²) in [7, 11) is 0. The van der Waals surface area contributed by atoms with Crippen molar-refractivity contribution < 1.29 is 9.53 Å². The summed E-state index contributed by atoms with van der Waals surface area (Å²) in [5.74, 6) is 1.76. The Labute approximate surface area is 118 Å². The average molecular weight is 275 g/mol. The Hall–Kier alpha value is -1.36. The second-order valence-corrected chi connectivity index (χ2v) is 6.37. The molecule has 20 heavy (non-hydrogen) atoms. The van der Waals surface area contributed by atoms with Crippen molar-refractivity contribution in [2.75, 3.05) is 6.61 Å². The molecule has 2 N–H and O–H groups in total. The summed E-state index contributed by atoms with van der Waals surface area (Å²) < 4.78 is 5.91. The Morgan fingerprint density at radius 2 is 2.20 bits per heavy atom. The predicted octanol–water partition coefficient (Wildman–Crippen LogP) is 1.73. The van der Waals surface area contributed by atoms with Gasteiger partial charge in [-0.1, -0.05) is 25.7 Å². The Balaban J connectivity index is 1.48. The molecule has 0 spiro atoms. The minimum Gasteiger partial charge on any atom is -0.377 e. The van der Waals surface area contributed by atoms with Crippen LogP contribution in [0.5, 0.6) is 0 Å². The third kappa shape index (κ3) is 1.87. The molecule has 1 amide bonds. The first-order valence-corrected chi connectivity index (χ1v) is 7.75. The van der Waals surface area contributed by atoms with Gasteiger partial charge in [0.25, 0.3) is 5.91 Å². The van der Waals surface area contributed by atoms with Gasteiger partial charge in [0.2, 0.25) is 0 Å². The molecule has 0 aromatic carbocycles. The van der Waals surface area contributed by atoms with Gasteiger partial charge in [-0.15, -0.1) is 0 Å². The number of H-pyrrole nitrogens is 1. The molecule has 1 aromatic rings. The first-order chi connectivity index (χ1) is 9.84. The molecule has 3 fully saturated rings. The number of hydrogen-bond acceptors (Lipinski definition) is 3. The van der Waals surface area contributed by atoms with Crippen LogP contribution in [0, 0.1) is 17.8 Å². The van der Waals surface area contributed by atoms with Gasteiger partial charge < -0.3 is 15.0 Å². The van der Waals surface area contributed by atoms with E-state index in [1.54, 1.807) is 12.5 Å². The summed E-state index contributed by atoms with van der Waals surface area (Å²) in [6.07, 6.45) is 9.88. The SMILES string of the molecule is O=C(N[C@H]1[C@H]2CCO[C@H]2[C@H]1C1CCCC1)c1cnc[nH]1. The highest BCUT2D eigenvalue weighted by Crippen LogP contribution is 2.51. The van der Waals surface area contributed by atoms with Crippen LogP contribution in [0.15, 0.2) is 12.5 Å². The van der Waals surface area contributed by atoms with Gasteiger partial charge in [0.1, 0.15) is 5.69 Å². The highest BCUT2D eigenvalue weighted by Gasteiger charge is 2.57. The molecular formula is C15H21N3O2. The topological polar surface area (TPSA) is 67.0 Å². The second kappa shape index (κ2) is 4.88. The molecule has 5 heteroatoms. The van der Waals surface area contributed by atoms with Gasteiger partial charge in [0, 0.05) is 24.5 Å². The van der Waals surface area contributed by atoms with Gasteiger partial charge in [-0.2, -0.15) is 0 Å². The molecule has 5 nitrogen and oxygen atoms in total. The molecule has 1 saturated heterocycles. The number of amides is 1. The van der Waals surface area contributed by atoms with Crippen molar-refractivity contribution in [3.8, 4) is 0 Å². The zero-order chi connectivity index (χ0) is 13.5. The lowest BCUT2D eigenvalue weighted by Gasteiger charge is -2.50. The van der Waals surface area contributed by atoms with Crippen molar-refractivity contribution in [2.45, 2.75) is 44.2 Å². The number of aromatic nitrogens is 2. The first-order valence-electron chi connectivity index (χ1n) is 7.75. The maximum atomic E-state index is 12.2. The fraction of sp³-hybridized carbons (Fsp3) is 0.733. The molecule has 1 aliphatic heterocycles. The molecule has 2 heterocycles. The molecule has 3 aliphatic rings. The van der Waals surface area contributed by atoms with E-state index in [-0.39, 0.29) is 5.91 Å². The van der Waals surface area contributed by atoms with Crippen molar-refractivity contribution in [2.24, 2.45) is 17.8 Å². The number of hydrogen-bond donors (Lipinski definition) is 2. The number of fused-ring (bicyclic) bond motifs is 1. The maximum Gasteiger partial charge on any atom is 0.269 e. The average Bonchev–Trinajstić information content (AvgIpc) is 3.18. The lowest BCUT2D eigenvalue weighted by atomic mass is 9.61. The summed E-state index contributed by atoms with van der Waals surface area (Å²) in [6, 6.07) is 0.293. The van der Waals surface area contributed by atoms with E-state index >= 15 is 0 Å². The number of carbonyl (C=O) groups excluding carboxylic acids is 1. The summed E-state index contributed by atoms with van der Waals surface area (Å²) in [6.45, 7) is 0.856. The van der Waals surface area contributed by atoms with E-state index in [0.29, 0.717) is 29.7 Å². The molecule has 0 bridgehead atoms. The van der Waals surface area contributed by atoms with Gasteiger partial charge in [0.05, 0.1) is 18.6 Å². The van der Waals surface area contributed by atoms with E-state index in [1.807, 2.05) is 0 Å². The van der Waals surface area contributed by atoms with Crippen LogP contribution in [0.2, 0.25) is 0 Å². The normalized spacial score (nSPS) is 36.6. The predicted molar refractivity (Wildman–Crippen MR) is 73.1 cm³/mol. The number of carbonyl (C=O) groups is 1. The smallest absolute Gasteiger partial charge is 0.269 e. The van der Waals surface area contributed by atoms with Crippen LogP contribution < -0.4 is 5.32 Å². The van der Waals surface area contributed by atoms with E-state index < -0.39 is 0 Å². The molecular weight excluding hydrogens is 254 g/mol. The Bertz CT molecular complexity index is 477. The molecule has 2 saturated carbocycles. The van der Waals surface area contributed by atoms with Crippen molar-refractivity contribution in [3.63, 3.8) is 0 Å². The molecule has 108 valence electrons. The van der Waals surface area contributed by atoms with Crippen molar-refractivity contribution in [3.05, 3.63) is 18.2 Å². The highest BCUT2D eigenvalue weighted by atomic mass is 16.5. The second-order valence-electron chi connectivity index (χ2n) is 6.37. The summed E-state index contributed by atoms with van der Waals surface area (Å²) in [5.41, 5.74) is 0.553. The molecule has 0 radical (unpaired) electrons. The minimum absolute atomic E-state index is 0.0270. The summed E-state index contributed by atoms with van der Waals surface area (Å²) in [5, 5.41) is 3.23. The Morgan fingerprint density at radius 3 is 2.95 bits per heavy atom. The van der Waals surface area contributed by atoms with E-state index in [0.717, 1.165) is 18.9 Å². The maximum absolute atomic E-state index is 12.2. The third-order valence-electron chi connectivity index (χ3n) is 5.42. The van der Waals surface area contributed by atoms with Crippen LogP contribution in [-0.4, -0.2) is 34.6 Å². The van der Waals surface area contributed by atoms with Gasteiger partial charge in [-0.05, 0) is 12.3 Å². The van der Waals surface area contributed by atoms with Gasteiger partial charge in [-0.3, -0.25) is 4.79 Å². The number of nitrogens with one attached hydrogen (secondary N) is 2. The van der Waals surface area contributed by atoms with Crippen LogP contribution >= 0.6 is 0 Å². The number of imidazole rings is 1. The number of aromatic amines is 1. The number of nitrogens with zero attached hydrogens (tertiary/aromatic N) is 1. The zero-order valence-electron chi connectivity index (χ0n) is 11.5. The first kappa shape index (κ1) is 12.4. The van der Waals surface area contributed by atoms with E-state index in [4.69, 9.17) is 4.74 Å². The number of ether oxygens (including phenoxy) is 1. The van der Waals surface area contributed by atoms with Crippen LogP contribution in [0.1, 0.15) is 42.6 Å². The van der Waals surface area contributed by atoms with Crippen molar-refractivity contribution >= 4 is 5.91 Å². The number of rotatable bonds is 3. The van der Waals surface area contributed by atoms with Crippen LogP contribution in [0.25, 0.3) is 0 Å². The van der Waals surface area contributed by atoms with Crippen LogP contribution in [0.4, 0.5) is 0 Å². The Kier molecular flexibility index (Phi) is 3.02. The van der Waals surface area contributed by atoms with E-state index in [9.17, 15) is 4.79 Å². The minimum atomic E-state index is -0.0270. The largest absolute Gasteiger partial charge is 0.377 e. The molecule has 0 unspecified atom stereocenters. The quantitative estimate of drug-likeness (QED) is 0.883. The van der Waals surface area contributed by atoms with Gasteiger partial charge >= 0.3 is 0 Å². The van der Waals surface area contributed by atoms with Gasteiger partial charge in [0.15, 0.2) is 0 Å². The van der Waals surface area contributed by atoms with Crippen molar-refractivity contribution in [1.29, 1.82) is 0 Å². The van der Waals surface area contributed by atoms with Crippen LogP contribution in [-0.2, 0) is 4.74 Å². The zero-order valence-corrected chi connectivity index (χ0v) is 11.5. The molecule has 2 aliphatic carbocycles. The third-order valence-corrected chi connectivity index (χ3v) is 5.42.